The predicted octanol–water partition coefficient (Wildman–Crippen LogP) is 1.71. The van der Waals surface area contributed by atoms with Gasteiger partial charge in [0.05, 0.1) is 6.16 Å². The van der Waals surface area contributed by atoms with Crippen molar-refractivity contribution >= 4 is 19.2 Å². The molecular weight excluding hydrogens is 162 g/mol. The van der Waals surface area contributed by atoms with Gasteiger partial charge in [0, 0.05) is 20.1 Å². The summed E-state index contributed by atoms with van der Waals surface area (Å²) in [6.45, 7) is 0. The quantitative estimate of drug-likeness (QED) is 0.478. The van der Waals surface area contributed by atoms with Crippen molar-refractivity contribution in [3.05, 3.63) is 0 Å². The SMILES string of the molecule is COP(=O)(CCCl)OC. The molecule has 0 radical (unpaired) electrons. The molecule has 0 aromatic heterocycles. The molecule has 0 N–H and O–H groups in total. The Morgan fingerprint density at radius 2 is 1.89 bits per heavy atom. The zero-order valence-electron chi connectivity index (χ0n) is 5.46. The first kappa shape index (κ1) is 9.44. The van der Waals surface area contributed by atoms with E-state index in [-0.39, 0.29) is 6.16 Å². The van der Waals surface area contributed by atoms with E-state index in [4.69, 9.17) is 11.6 Å². The molecule has 0 aromatic rings. The monoisotopic (exact) mass is 172 g/mol. The van der Waals surface area contributed by atoms with Gasteiger partial charge in [-0.3, -0.25) is 4.57 Å². The summed E-state index contributed by atoms with van der Waals surface area (Å²) >= 11 is 5.31. The van der Waals surface area contributed by atoms with E-state index in [2.05, 4.69) is 9.05 Å². The van der Waals surface area contributed by atoms with E-state index in [0.29, 0.717) is 5.88 Å². The second kappa shape index (κ2) is 4.29. The summed E-state index contributed by atoms with van der Waals surface area (Å²) < 4.78 is 20.2. The molecule has 0 aliphatic rings. The fourth-order valence-electron chi connectivity index (χ4n) is 0.361. The summed E-state index contributed by atoms with van der Waals surface area (Å²) in [5.41, 5.74) is 0. The Morgan fingerprint density at radius 3 is 2.00 bits per heavy atom. The fraction of sp³-hybridized carbons (Fsp3) is 1.00. The third kappa shape index (κ3) is 3.21. The maximum absolute atomic E-state index is 11.0. The van der Waals surface area contributed by atoms with Gasteiger partial charge in [0.15, 0.2) is 0 Å². The topological polar surface area (TPSA) is 35.5 Å². The van der Waals surface area contributed by atoms with Crippen LogP contribution >= 0.6 is 19.2 Å². The van der Waals surface area contributed by atoms with Gasteiger partial charge in [-0.25, -0.2) is 0 Å². The lowest BCUT2D eigenvalue weighted by Crippen LogP contribution is -1.94. The molecule has 0 amide bonds. The lowest BCUT2D eigenvalue weighted by Gasteiger charge is -2.10. The second-order valence-electron chi connectivity index (χ2n) is 1.39. The van der Waals surface area contributed by atoms with Crippen LogP contribution in [0.1, 0.15) is 0 Å². The number of rotatable bonds is 4. The molecule has 0 aliphatic carbocycles. The van der Waals surface area contributed by atoms with Crippen molar-refractivity contribution in [2.45, 2.75) is 0 Å². The van der Waals surface area contributed by atoms with Crippen molar-refractivity contribution in [3.8, 4) is 0 Å². The third-order valence-corrected chi connectivity index (χ3v) is 3.25. The maximum Gasteiger partial charge on any atom is 0.331 e. The molecule has 56 valence electrons. The van der Waals surface area contributed by atoms with Crippen LogP contribution in [0.25, 0.3) is 0 Å². The van der Waals surface area contributed by atoms with Gasteiger partial charge in [0.1, 0.15) is 0 Å². The molecule has 0 rings (SSSR count). The van der Waals surface area contributed by atoms with Crippen LogP contribution in [0.4, 0.5) is 0 Å². The van der Waals surface area contributed by atoms with Gasteiger partial charge in [0.25, 0.3) is 0 Å². The van der Waals surface area contributed by atoms with Crippen LogP contribution in [0.15, 0.2) is 0 Å². The minimum Gasteiger partial charge on any atom is -0.312 e. The zero-order valence-corrected chi connectivity index (χ0v) is 7.11. The van der Waals surface area contributed by atoms with Crippen molar-refractivity contribution in [1.29, 1.82) is 0 Å². The average molecular weight is 173 g/mol. The van der Waals surface area contributed by atoms with Crippen LogP contribution < -0.4 is 0 Å². The van der Waals surface area contributed by atoms with E-state index in [0.717, 1.165) is 0 Å². The number of halogens is 1. The summed E-state index contributed by atoms with van der Waals surface area (Å²) in [6, 6.07) is 0. The lowest BCUT2D eigenvalue weighted by atomic mass is 11.0. The fourth-order valence-corrected chi connectivity index (χ4v) is 1.70. The summed E-state index contributed by atoms with van der Waals surface area (Å²) in [5, 5.41) is 0. The molecule has 0 aliphatic heterocycles. The molecule has 0 spiro atoms. The smallest absolute Gasteiger partial charge is 0.312 e. The Hall–Kier alpha value is 0.440. The van der Waals surface area contributed by atoms with Crippen molar-refractivity contribution < 1.29 is 13.6 Å². The molecule has 0 bridgehead atoms. The molecule has 0 atom stereocenters. The lowest BCUT2D eigenvalue weighted by molar-refractivity contribution is 0.277. The summed E-state index contributed by atoms with van der Waals surface area (Å²) in [6.07, 6.45) is 0.265. The first-order valence-corrected chi connectivity index (χ1v) is 4.71. The Morgan fingerprint density at radius 1 is 1.44 bits per heavy atom. The zero-order chi connectivity index (χ0) is 7.33. The third-order valence-electron chi connectivity index (χ3n) is 0.915. The minimum atomic E-state index is -2.81. The van der Waals surface area contributed by atoms with Crippen LogP contribution in [0.5, 0.6) is 0 Å². The highest BCUT2D eigenvalue weighted by Crippen LogP contribution is 2.45. The first-order chi connectivity index (χ1) is 4.18. The number of hydrogen-bond donors (Lipinski definition) is 0. The highest BCUT2D eigenvalue weighted by atomic mass is 35.5. The van der Waals surface area contributed by atoms with Crippen LogP contribution in [-0.4, -0.2) is 26.3 Å². The standard InChI is InChI=1S/C4H10ClO3P/c1-7-9(6,8-2)4-3-5/h3-4H2,1-2H3. The highest BCUT2D eigenvalue weighted by molar-refractivity contribution is 7.53. The molecule has 9 heavy (non-hydrogen) atoms. The van der Waals surface area contributed by atoms with Gasteiger partial charge in [0.2, 0.25) is 0 Å². The highest BCUT2D eigenvalue weighted by Gasteiger charge is 2.18. The van der Waals surface area contributed by atoms with E-state index in [1.54, 1.807) is 0 Å². The molecule has 3 nitrogen and oxygen atoms in total. The van der Waals surface area contributed by atoms with Gasteiger partial charge >= 0.3 is 7.60 Å². The summed E-state index contributed by atoms with van der Waals surface area (Å²) in [4.78, 5) is 0. The molecular formula is C4H10ClO3P. The van der Waals surface area contributed by atoms with Gasteiger partial charge in [-0.05, 0) is 0 Å². The Labute approximate surface area is 59.8 Å². The van der Waals surface area contributed by atoms with Crippen LogP contribution in [0, 0.1) is 0 Å². The van der Waals surface area contributed by atoms with E-state index >= 15 is 0 Å². The van der Waals surface area contributed by atoms with E-state index in [9.17, 15) is 4.57 Å². The van der Waals surface area contributed by atoms with E-state index in [1.807, 2.05) is 0 Å². The van der Waals surface area contributed by atoms with Gasteiger partial charge < -0.3 is 9.05 Å². The normalized spacial score (nSPS) is 11.9. The Kier molecular flexibility index (Phi) is 4.50. The van der Waals surface area contributed by atoms with Crippen molar-refractivity contribution in [3.63, 3.8) is 0 Å². The Balaban J connectivity index is 3.78. The van der Waals surface area contributed by atoms with Crippen LogP contribution in [0.3, 0.4) is 0 Å². The van der Waals surface area contributed by atoms with E-state index in [1.165, 1.54) is 14.2 Å². The van der Waals surface area contributed by atoms with Crippen molar-refractivity contribution in [2.24, 2.45) is 0 Å². The molecule has 0 saturated heterocycles. The first-order valence-electron chi connectivity index (χ1n) is 2.45. The predicted molar refractivity (Wildman–Crippen MR) is 37.2 cm³/mol. The molecule has 0 fully saturated rings. The maximum atomic E-state index is 11.0. The number of hydrogen-bond acceptors (Lipinski definition) is 3. The van der Waals surface area contributed by atoms with Crippen molar-refractivity contribution in [1.82, 2.24) is 0 Å². The largest absolute Gasteiger partial charge is 0.331 e. The molecule has 0 unspecified atom stereocenters. The summed E-state index contributed by atoms with van der Waals surface area (Å²) in [7, 11) is -0.125. The molecule has 0 saturated carbocycles. The average Bonchev–Trinajstić information content (AvgIpc) is 1.89. The van der Waals surface area contributed by atoms with Crippen molar-refractivity contribution in [2.75, 3.05) is 26.3 Å². The second-order valence-corrected chi connectivity index (χ2v) is 4.17. The minimum absolute atomic E-state index is 0.265. The molecule has 5 heteroatoms. The molecule has 0 heterocycles. The molecule has 0 aromatic carbocycles. The van der Waals surface area contributed by atoms with Gasteiger partial charge in [-0.1, -0.05) is 0 Å². The number of alkyl halides is 1. The van der Waals surface area contributed by atoms with Gasteiger partial charge in [-0.15, -0.1) is 11.6 Å². The van der Waals surface area contributed by atoms with Crippen LogP contribution in [0.2, 0.25) is 0 Å². The van der Waals surface area contributed by atoms with Gasteiger partial charge in [-0.2, -0.15) is 0 Å². The Bertz CT molecular complexity index is 108. The summed E-state index contributed by atoms with van der Waals surface area (Å²) in [5.74, 6) is 0.291. The van der Waals surface area contributed by atoms with E-state index < -0.39 is 7.60 Å². The van der Waals surface area contributed by atoms with Crippen LogP contribution in [-0.2, 0) is 13.6 Å².